The first kappa shape index (κ1) is 23.1. The molecule has 0 aromatic heterocycles. The maximum absolute atomic E-state index is 4.42. The van der Waals surface area contributed by atoms with Crippen molar-refractivity contribution >= 4 is 34.0 Å². The third-order valence-corrected chi connectivity index (χ3v) is 7.39. The van der Waals surface area contributed by atoms with Gasteiger partial charge in [-0.1, -0.05) is 121 Å². The quantitative estimate of drug-likeness (QED) is 0.447. The Morgan fingerprint density at radius 1 is 0.543 bits per heavy atom. The van der Waals surface area contributed by atoms with Crippen molar-refractivity contribution in [2.24, 2.45) is 4.99 Å². The number of benzene rings is 4. The number of fused-ring (bicyclic) bond motifs is 1. The third-order valence-electron chi connectivity index (χ3n) is 7.39. The minimum absolute atomic E-state index is 1.03. The Balaban J connectivity index is 0.000000211. The topological polar surface area (TPSA) is 28.8 Å². The zero-order valence-electron chi connectivity index (χ0n) is 20.3. The van der Waals surface area contributed by atoms with Crippen LogP contribution in [0.4, 0.5) is 0 Å². The smallest absolute Gasteiger partial charge is 0.295 e. The van der Waals surface area contributed by atoms with Gasteiger partial charge in [0.15, 0.2) is 0 Å². The monoisotopic (exact) mass is 459 g/mol. The minimum Gasteiger partial charge on any atom is -0.324 e. The van der Waals surface area contributed by atoms with E-state index in [4.69, 9.17) is 0 Å². The van der Waals surface area contributed by atoms with Crippen LogP contribution in [-0.2, 0) is 0 Å². The largest absolute Gasteiger partial charge is 0.324 e. The van der Waals surface area contributed by atoms with Gasteiger partial charge in [-0.05, 0) is 0 Å². The summed E-state index contributed by atoms with van der Waals surface area (Å²) in [6.07, 6.45) is 1.35. The number of hydrogen-bond acceptors (Lipinski definition) is 2. The van der Waals surface area contributed by atoms with Crippen molar-refractivity contribution in [2.45, 2.75) is 12.8 Å². The molecule has 0 amide bonds. The first-order chi connectivity index (χ1) is 17.4. The van der Waals surface area contributed by atoms with E-state index in [0.717, 1.165) is 13.1 Å². The highest BCUT2D eigenvalue weighted by Crippen LogP contribution is 2.09. The molecule has 2 aliphatic rings. The molecule has 0 saturated carbocycles. The lowest BCUT2D eigenvalue weighted by Gasteiger charge is -2.44. The van der Waals surface area contributed by atoms with E-state index in [2.05, 4.69) is 132 Å². The Bertz CT molecular complexity index is 1050. The number of rotatable bonds is 4. The van der Waals surface area contributed by atoms with E-state index in [9.17, 15) is 0 Å². The van der Waals surface area contributed by atoms with Crippen LogP contribution in [0.15, 0.2) is 126 Å². The van der Waals surface area contributed by atoms with Gasteiger partial charge in [-0.15, -0.1) is 0 Å². The molecule has 4 aromatic carbocycles. The van der Waals surface area contributed by atoms with Gasteiger partial charge in [0.05, 0.1) is 19.6 Å². The zero-order chi connectivity index (χ0) is 23.8. The molecule has 4 aromatic rings. The average molecular weight is 459 g/mol. The van der Waals surface area contributed by atoms with Crippen LogP contribution < -0.4 is 32.1 Å². The Labute approximate surface area is 209 Å². The summed E-state index contributed by atoms with van der Waals surface area (Å²) < 4.78 is 0. The van der Waals surface area contributed by atoms with E-state index in [-0.39, 0.29) is 0 Å². The normalized spacial score (nSPS) is 17.1. The predicted octanol–water partition coefficient (Wildman–Crippen LogP) is 1.69. The number of aliphatic imine (C=N–C) groups is 1. The molecule has 3 nitrogen and oxygen atoms in total. The molecule has 0 aliphatic carbocycles. The van der Waals surface area contributed by atoms with Crippen LogP contribution in [0.5, 0.6) is 0 Å². The van der Waals surface area contributed by atoms with Crippen molar-refractivity contribution in [3.63, 3.8) is 0 Å². The molecule has 2 heterocycles. The number of hydrogen-bond donors (Lipinski definition) is 2. The molecule has 0 spiro atoms. The Hall–Kier alpha value is -3.63. The van der Waals surface area contributed by atoms with Crippen molar-refractivity contribution < 1.29 is 4.90 Å². The molecule has 1 saturated heterocycles. The van der Waals surface area contributed by atoms with Crippen LogP contribution in [0.3, 0.4) is 0 Å². The second-order valence-corrected chi connectivity index (χ2v) is 9.48. The van der Waals surface area contributed by atoms with Gasteiger partial charge in [0.25, 0.3) is 5.96 Å². The van der Waals surface area contributed by atoms with Gasteiger partial charge in [0.1, 0.15) is 6.15 Å². The van der Waals surface area contributed by atoms with Gasteiger partial charge in [0, 0.05) is 19.4 Å². The van der Waals surface area contributed by atoms with E-state index < -0.39 is 6.15 Å². The van der Waals surface area contributed by atoms with Crippen LogP contribution in [0.25, 0.3) is 0 Å². The molecule has 6 rings (SSSR count). The molecule has 0 radical (unpaired) electrons. The van der Waals surface area contributed by atoms with Crippen LogP contribution >= 0.6 is 0 Å². The van der Waals surface area contributed by atoms with Gasteiger partial charge < -0.3 is 5.32 Å². The van der Waals surface area contributed by atoms with Crippen LogP contribution in [-0.4, -0.2) is 38.3 Å². The van der Waals surface area contributed by atoms with Crippen molar-refractivity contribution in [3.05, 3.63) is 121 Å². The standard InChI is InChI=1S/C24H20B.C7H13N3/c1-5-13-21(14-6-1)25(22-15-7-2-8-16-22,23-17-9-3-10-18-23)24-19-11-4-12-20-24;1-3-8-7-9-4-2-6-10(7)5-1/h1-20H;1-6H2,(H,8,9)/q-1;/p+1. The second kappa shape index (κ2) is 11.2. The Morgan fingerprint density at radius 3 is 1.34 bits per heavy atom. The number of nitrogens with one attached hydrogen (secondary N) is 2. The summed E-state index contributed by atoms with van der Waals surface area (Å²) in [5.41, 5.74) is 5.36. The highest BCUT2D eigenvalue weighted by molar-refractivity contribution is 7.19. The van der Waals surface area contributed by atoms with Crippen molar-refractivity contribution in [2.75, 3.05) is 26.2 Å². The number of nitrogens with zero attached hydrogens (tertiary/aromatic N) is 1. The van der Waals surface area contributed by atoms with Gasteiger partial charge in [-0.25, -0.2) is 4.99 Å². The van der Waals surface area contributed by atoms with Gasteiger partial charge in [0.2, 0.25) is 0 Å². The number of guanidine groups is 1. The highest BCUT2D eigenvalue weighted by atomic mass is 15.3. The van der Waals surface area contributed by atoms with E-state index in [0.29, 0.717) is 0 Å². The molecular formula is C31H34BN3. The summed E-state index contributed by atoms with van der Waals surface area (Å²) >= 11 is 0. The molecule has 4 heteroatoms. The third kappa shape index (κ3) is 4.94. The van der Waals surface area contributed by atoms with Crippen LogP contribution in [0.1, 0.15) is 12.8 Å². The maximum atomic E-state index is 4.42. The first-order valence-electron chi connectivity index (χ1n) is 12.9. The van der Waals surface area contributed by atoms with Crippen LogP contribution in [0, 0.1) is 0 Å². The SMILES string of the molecule is C1CN=C2NCCC[NH+]2C1.c1ccc([B-](c2ccccc2)(c2ccccc2)c2ccccc2)cc1. The summed E-state index contributed by atoms with van der Waals surface area (Å²) in [5, 5.41) is 3.33. The first-order valence-corrected chi connectivity index (χ1v) is 12.9. The Kier molecular flexibility index (Phi) is 7.40. The molecule has 2 N–H and O–H groups in total. The Morgan fingerprint density at radius 2 is 0.943 bits per heavy atom. The van der Waals surface area contributed by atoms with Gasteiger partial charge in [-0.2, -0.15) is 21.9 Å². The fourth-order valence-corrected chi connectivity index (χ4v) is 5.77. The molecule has 1 unspecified atom stereocenters. The summed E-state index contributed by atoms with van der Waals surface area (Å²) in [4.78, 5) is 5.99. The van der Waals surface area contributed by atoms with Crippen LogP contribution in [0.2, 0.25) is 0 Å². The van der Waals surface area contributed by atoms with Crippen molar-refractivity contribution in [3.8, 4) is 0 Å². The van der Waals surface area contributed by atoms with Crippen molar-refractivity contribution in [1.82, 2.24) is 5.32 Å². The second-order valence-electron chi connectivity index (χ2n) is 9.48. The molecule has 35 heavy (non-hydrogen) atoms. The minimum atomic E-state index is -1.22. The van der Waals surface area contributed by atoms with E-state index in [1.54, 1.807) is 4.90 Å². The summed E-state index contributed by atoms with van der Waals surface area (Å²) in [7, 11) is 0. The molecule has 2 aliphatic heterocycles. The summed E-state index contributed by atoms with van der Waals surface area (Å²) in [5.74, 6) is 1.22. The van der Waals surface area contributed by atoms with Crippen molar-refractivity contribution in [1.29, 1.82) is 0 Å². The van der Waals surface area contributed by atoms with E-state index in [1.807, 2.05) is 0 Å². The molecule has 0 bridgehead atoms. The van der Waals surface area contributed by atoms with Gasteiger partial charge in [-0.3, -0.25) is 4.90 Å². The maximum Gasteiger partial charge on any atom is 0.295 e. The zero-order valence-corrected chi connectivity index (χ0v) is 20.3. The fourth-order valence-electron chi connectivity index (χ4n) is 5.77. The predicted molar refractivity (Wildman–Crippen MR) is 150 cm³/mol. The lowest BCUT2D eigenvalue weighted by molar-refractivity contribution is -0.814. The number of quaternary nitrogens is 1. The summed E-state index contributed by atoms with van der Waals surface area (Å²) in [6, 6.07) is 43.5. The molecule has 1 atom stereocenters. The molecule has 1 fully saturated rings. The van der Waals surface area contributed by atoms with E-state index >= 15 is 0 Å². The fraction of sp³-hybridized carbons (Fsp3) is 0.194. The summed E-state index contributed by atoms with van der Waals surface area (Å²) in [6.45, 7) is 4.73. The van der Waals surface area contributed by atoms with E-state index in [1.165, 1.54) is 53.7 Å². The average Bonchev–Trinajstić information content (AvgIpc) is 2.96. The molecular weight excluding hydrogens is 425 g/mol. The molecule has 176 valence electrons. The van der Waals surface area contributed by atoms with Gasteiger partial charge >= 0.3 is 0 Å². The lowest BCUT2D eigenvalue weighted by atomic mass is 9.13. The lowest BCUT2D eigenvalue weighted by Crippen LogP contribution is -3.18. The highest BCUT2D eigenvalue weighted by Gasteiger charge is 2.31.